The van der Waals surface area contributed by atoms with Gasteiger partial charge in [-0.05, 0) is 68.6 Å². The van der Waals surface area contributed by atoms with E-state index in [-0.39, 0.29) is 17.2 Å². The Labute approximate surface area is 129 Å². The van der Waals surface area contributed by atoms with Crippen molar-refractivity contribution in [3.63, 3.8) is 0 Å². The highest BCUT2D eigenvalue weighted by molar-refractivity contribution is 9.10. The summed E-state index contributed by atoms with van der Waals surface area (Å²) >= 11 is 3.48. The van der Waals surface area contributed by atoms with Gasteiger partial charge >= 0.3 is 0 Å². The number of benzene rings is 1. The van der Waals surface area contributed by atoms with E-state index in [0.29, 0.717) is 12.8 Å². The monoisotopic (exact) mass is 339 g/mol. The Balaban J connectivity index is 2.28. The summed E-state index contributed by atoms with van der Waals surface area (Å²) in [6.07, 6.45) is 1.12. The zero-order valence-electron chi connectivity index (χ0n) is 12.5. The van der Waals surface area contributed by atoms with Gasteiger partial charge in [0, 0.05) is 4.47 Å². The molecule has 0 unspecified atom stereocenters. The van der Waals surface area contributed by atoms with E-state index in [9.17, 15) is 5.11 Å². The molecule has 1 saturated heterocycles. The summed E-state index contributed by atoms with van der Waals surface area (Å²) in [5.41, 5.74) is 0.378. The average Bonchev–Trinajstić information content (AvgIpc) is 2.27. The first-order valence-corrected chi connectivity index (χ1v) is 7.66. The van der Waals surface area contributed by atoms with Crippen LogP contribution in [-0.4, -0.2) is 27.3 Å². The van der Waals surface area contributed by atoms with Crippen LogP contribution in [0.15, 0.2) is 39.1 Å². The lowest BCUT2D eigenvalue weighted by Crippen LogP contribution is -2.59. The van der Waals surface area contributed by atoms with Crippen molar-refractivity contribution in [1.82, 2.24) is 5.01 Å². The molecule has 0 amide bonds. The summed E-state index contributed by atoms with van der Waals surface area (Å²) in [7, 11) is 0. The summed E-state index contributed by atoms with van der Waals surface area (Å²) in [4.78, 5) is 0. The van der Waals surface area contributed by atoms with Gasteiger partial charge in [0.2, 0.25) is 0 Å². The molecule has 2 rings (SSSR count). The van der Waals surface area contributed by atoms with Crippen molar-refractivity contribution in [3.8, 4) is 0 Å². The average molecular weight is 340 g/mol. The minimum atomic E-state index is -0.282. The molecule has 0 aromatic heterocycles. The van der Waals surface area contributed by atoms with Gasteiger partial charge in [-0.15, -0.1) is 5.11 Å². The predicted molar refractivity (Wildman–Crippen MR) is 83.9 cm³/mol. The molecule has 1 N–H and O–H groups in total. The van der Waals surface area contributed by atoms with Crippen LogP contribution in [0, 0.1) is 0 Å². The molecule has 0 saturated carbocycles. The molecule has 1 aliphatic rings. The maximum atomic E-state index is 10.0. The fourth-order valence-electron chi connectivity index (χ4n) is 3.09. The molecule has 4 nitrogen and oxygen atoms in total. The summed E-state index contributed by atoms with van der Waals surface area (Å²) in [6, 6.07) is 7.76. The van der Waals surface area contributed by atoms with E-state index in [4.69, 9.17) is 0 Å². The van der Waals surface area contributed by atoms with Crippen LogP contribution in [-0.2, 0) is 0 Å². The van der Waals surface area contributed by atoms with E-state index in [2.05, 4.69) is 54.0 Å². The predicted octanol–water partition coefficient (Wildman–Crippen LogP) is 4.46. The first-order valence-electron chi connectivity index (χ1n) is 6.87. The Morgan fingerprint density at radius 1 is 1.15 bits per heavy atom. The van der Waals surface area contributed by atoms with Gasteiger partial charge in [0.1, 0.15) is 5.69 Å². The van der Waals surface area contributed by atoms with Gasteiger partial charge in [-0.2, -0.15) is 0 Å². The summed E-state index contributed by atoms with van der Waals surface area (Å²) in [5.74, 6) is 0. The number of rotatable bonds is 2. The van der Waals surface area contributed by atoms with Gasteiger partial charge in [-0.25, -0.2) is 0 Å². The van der Waals surface area contributed by atoms with Crippen LogP contribution in [0.25, 0.3) is 0 Å². The standard InChI is InChI=1S/C15H22BrN3O/c1-14(2)9-11(20)10-15(3,4)19(14)18-17-13-8-6-5-7-12(13)16/h5-8,11,20H,9-10H2,1-4H3/b18-17+. The molecule has 0 bridgehead atoms. The molecule has 1 fully saturated rings. The number of piperidine rings is 1. The second-order valence-corrected chi connectivity index (χ2v) is 7.49. The normalized spacial score (nSPS) is 22.4. The Hall–Kier alpha value is -0.940. The van der Waals surface area contributed by atoms with E-state index in [0.717, 1.165) is 10.2 Å². The van der Waals surface area contributed by atoms with Crippen molar-refractivity contribution in [1.29, 1.82) is 0 Å². The molecule has 110 valence electrons. The van der Waals surface area contributed by atoms with Gasteiger partial charge in [-0.3, -0.25) is 5.01 Å². The van der Waals surface area contributed by atoms with E-state index < -0.39 is 0 Å². The number of hydrogen-bond acceptors (Lipinski definition) is 3. The van der Waals surface area contributed by atoms with Gasteiger partial charge < -0.3 is 5.11 Å². The zero-order valence-corrected chi connectivity index (χ0v) is 14.1. The fourth-order valence-corrected chi connectivity index (χ4v) is 3.45. The molecular formula is C15H22BrN3O. The van der Waals surface area contributed by atoms with Crippen LogP contribution in [0.2, 0.25) is 0 Å². The lowest BCUT2D eigenvalue weighted by molar-refractivity contribution is -0.0844. The number of halogens is 1. The molecule has 0 aliphatic carbocycles. The molecule has 1 aromatic rings. The second-order valence-electron chi connectivity index (χ2n) is 6.64. The Bertz CT molecular complexity index is 496. The van der Waals surface area contributed by atoms with Crippen LogP contribution in [0.5, 0.6) is 0 Å². The molecule has 0 radical (unpaired) electrons. The third-order valence-electron chi connectivity index (χ3n) is 3.71. The first-order chi connectivity index (χ1) is 9.22. The highest BCUT2D eigenvalue weighted by Crippen LogP contribution is 2.39. The molecular weight excluding hydrogens is 318 g/mol. The van der Waals surface area contributed by atoms with E-state index in [1.807, 2.05) is 29.3 Å². The minimum absolute atomic E-state index is 0.216. The van der Waals surface area contributed by atoms with Crippen LogP contribution in [0.4, 0.5) is 5.69 Å². The van der Waals surface area contributed by atoms with E-state index in [1.54, 1.807) is 0 Å². The minimum Gasteiger partial charge on any atom is -0.393 e. The van der Waals surface area contributed by atoms with Crippen LogP contribution in [0.1, 0.15) is 40.5 Å². The zero-order chi connectivity index (χ0) is 15.0. The Morgan fingerprint density at radius 2 is 1.70 bits per heavy atom. The molecule has 1 heterocycles. The van der Waals surface area contributed by atoms with Gasteiger partial charge in [0.15, 0.2) is 0 Å². The van der Waals surface area contributed by atoms with Crippen LogP contribution < -0.4 is 0 Å². The van der Waals surface area contributed by atoms with Crippen molar-refractivity contribution < 1.29 is 5.11 Å². The van der Waals surface area contributed by atoms with E-state index in [1.165, 1.54) is 0 Å². The summed E-state index contributed by atoms with van der Waals surface area (Å²) < 4.78 is 0.927. The molecule has 20 heavy (non-hydrogen) atoms. The Morgan fingerprint density at radius 3 is 2.25 bits per heavy atom. The second kappa shape index (κ2) is 5.45. The Kier molecular flexibility index (Phi) is 4.21. The highest BCUT2D eigenvalue weighted by atomic mass is 79.9. The van der Waals surface area contributed by atoms with Gasteiger partial charge in [0.25, 0.3) is 0 Å². The number of aliphatic hydroxyl groups is 1. The fraction of sp³-hybridized carbons (Fsp3) is 0.600. The molecule has 1 aliphatic heterocycles. The van der Waals surface area contributed by atoms with Gasteiger partial charge in [0.05, 0.1) is 17.2 Å². The maximum Gasteiger partial charge on any atom is 0.102 e. The summed E-state index contributed by atoms with van der Waals surface area (Å²) in [5, 5.41) is 20.9. The van der Waals surface area contributed by atoms with Crippen molar-refractivity contribution in [2.75, 3.05) is 0 Å². The molecule has 0 spiro atoms. The number of hydrogen-bond donors (Lipinski definition) is 1. The number of nitrogens with zero attached hydrogens (tertiary/aromatic N) is 3. The van der Waals surface area contributed by atoms with Gasteiger partial charge in [-0.1, -0.05) is 17.4 Å². The highest BCUT2D eigenvalue weighted by Gasteiger charge is 2.45. The lowest BCUT2D eigenvalue weighted by atomic mass is 9.80. The topological polar surface area (TPSA) is 48.2 Å². The van der Waals surface area contributed by atoms with Crippen LogP contribution in [0.3, 0.4) is 0 Å². The quantitative estimate of drug-likeness (QED) is 0.808. The molecule has 0 atom stereocenters. The van der Waals surface area contributed by atoms with Crippen molar-refractivity contribution in [3.05, 3.63) is 28.7 Å². The molecule has 1 aromatic carbocycles. The van der Waals surface area contributed by atoms with Crippen LogP contribution >= 0.6 is 15.9 Å². The van der Waals surface area contributed by atoms with Crippen molar-refractivity contribution in [2.24, 2.45) is 10.3 Å². The third-order valence-corrected chi connectivity index (χ3v) is 4.38. The smallest absolute Gasteiger partial charge is 0.102 e. The summed E-state index contributed by atoms with van der Waals surface area (Å²) in [6.45, 7) is 8.37. The largest absolute Gasteiger partial charge is 0.393 e. The SMILES string of the molecule is CC1(C)CC(O)CC(C)(C)N1/N=N/c1ccccc1Br. The molecule has 5 heteroatoms. The maximum absolute atomic E-state index is 10.0. The van der Waals surface area contributed by atoms with Crippen molar-refractivity contribution >= 4 is 21.6 Å². The lowest BCUT2D eigenvalue weighted by Gasteiger charge is -2.51. The number of aliphatic hydroxyl groups excluding tert-OH is 1. The van der Waals surface area contributed by atoms with E-state index >= 15 is 0 Å². The third kappa shape index (κ3) is 3.20. The van der Waals surface area contributed by atoms with Crippen molar-refractivity contribution in [2.45, 2.75) is 57.7 Å². The first kappa shape index (κ1) is 15.4.